The van der Waals surface area contributed by atoms with E-state index >= 15 is 0 Å². The first-order valence-corrected chi connectivity index (χ1v) is 11.9. The third kappa shape index (κ3) is 4.01. The molecule has 8 heteroatoms. The molecule has 0 spiro atoms. The number of nitrogens with zero attached hydrogens (tertiary/aromatic N) is 3. The van der Waals surface area contributed by atoms with Crippen molar-refractivity contribution in [3.05, 3.63) is 66.7 Å². The minimum Gasteiger partial charge on any atom is -0.495 e. The number of hydrogen-bond acceptors (Lipinski definition) is 6. The number of rotatable bonds is 7. The van der Waals surface area contributed by atoms with E-state index in [-0.39, 0.29) is 5.91 Å². The van der Waals surface area contributed by atoms with Crippen molar-refractivity contribution in [3.63, 3.8) is 0 Å². The van der Waals surface area contributed by atoms with Crippen LogP contribution in [0.5, 0.6) is 5.75 Å². The molecule has 34 heavy (non-hydrogen) atoms. The zero-order valence-corrected chi connectivity index (χ0v) is 19.9. The highest BCUT2D eigenvalue weighted by Crippen LogP contribution is 2.37. The van der Waals surface area contributed by atoms with Crippen molar-refractivity contribution in [3.8, 4) is 17.1 Å². The summed E-state index contributed by atoms with van der Waals surface area (Å²) < 4.78 is 13.6. The van der Waals surface area contributed by atoms with Crippen molar-refractivity contribution in [2.24, 2.45) is 0 Å². The van der Waals surface area contributed by atoms with Gasteiger partial charge in [-0.3, -0.25) is 4.79 Å². The maximum atomic E-state index is 13.1. The predicted octanol–water partition coefficient (Wildman–Crippen LogP) is 5.99. The highest BCUT2D eigenvalue weighted by atomic mass is 32.2. The average molecular weight is 473 g/mol. The van der Waals surface area contributed by atoms with Gasteiger partial charge in [-0.25, -0.2) is 0 Å². The lowest BCUT2D eigenvalue weighted by Crippen LogP contribution is -2.23. The van der Waals surface area contributed by atoms with Gasteiger partial charge < -0.3 is 19.0 Å². The number of thioether (sulfide) groups is 1. The van der Waals surface area contributed by atoms with E-state index in [0.717, 1.165) is 27.7 Å². The van der Waals surface area contributed by atoms with Gasteiger partial charge in [-0.1, -0.05) is 60.3 Å². The van der Waals surface area contributed by atoms with Crippen LogP contribution in [0, 0.1) is 0 Å². The second kappa shape index (κ2) is 9.23. The number of carbonyl (C=O) groups excluding carboxylic acids is 1. The van der Waals surface area contributed by atoms with Crippen molar-refractivity contribution in [2.75, 3.05) is 12.4 Å². The van der Waals surface area contributed by atoms with Crippen LogP contribution >= 0.6 is 11.8 Å². The van der Waals surface area contributed by atoms with Crippen LogP contribution in [0.1, 0.15) is 13.8 Å². The average Bonchev–Trinajstić information content (AvgIpc) is 3.44. The first-order valence-electron chi connectivity index (χ1n) is 11.0. The number of carbonyl (C=O) groups is 1. The molecule has 5 aromatic rings. The monoisotopic (exact) mass is 472 g/mol. The van der Waals surface area contributed by atoms with Crippen LogP contribution in [0.4, 0.5) is 5.69 Å². The van der Waals surface area contributed by atoms with Crippen molar-refractivity contribution < 1.29 is 13.9 Å². The highest BCUT2D eigenvalue weighted by Gasteiger charge is 2.22. The maximum absolute atomic E-state index is 13.1. The Morgan fingerprint density at radius 1 is 1.06 bits per heavy atom. The number of benzene rings is 3. The SMILES string of the molecule is CCn1c(S[C@H](C)C(=O)Nc2cc3oc4ccccc4c3cc2OC)nnc1-c1ccccc1. The summed E-state index contributed by atoms with van der Waals surface area (Å²) in [5, 5.41) is 13.9. The molecule has 0 aliphatic heterocycles. The molecule has 2 heterocycles. The van der Waals surface area contributed by atoms with E-state index in [1.807, 2.05) is 85.1 Å². The van der Waals surface area contributed by atoms with Crippen molar-refractivity contribution >= 4 is 45.3 Å². The van der Waals surface area contributed by atoms with Gasteiger partial charge in [-0.2, -0.15) is 0 Å². The predicted molar refractivity (Wildman–Crippen MR) is 135 cm³/mol. The summed E-state index contributed by atoms with van der Waals surface area (Å²) in [5.74, 6) is 1.20. The quantitative estimate of drug-likeness (QED) is 0.293. The van der Waals surface area contributed by atoms with Gasteiger partial charge in [-0.15, -0.1) is 10.2 Å². The van der Waals surface area contributed by atoms with E-state index < -0.39 is 5.25 Å². The second-order valence-corrected chi connectivity index (χ2v) is 9.12. The molecule has 1 amide bonds. The van der Waals surface area contributed by atoms with Gasteiger partial charge in [-0.05, 0) is 26.0 Å². The third-order valence-corrected chi connectivity index (χ3v) is 6.75. The molecule has 7 nitrogen and oxygen atoms in total. The molecule has 0 aliphatic rings. The van der Waals surface area contributed by atoms with Crippen LogP contribution in [0.25, 0.3) is 33.3 Å². The zero-order valence-electron chi connectivity index (χ0n) is 19.1. The number of ether oxygens (including phenoxy) is 1. The fourth-order valence-corrected chi connectivity index (χ4v) is 4.84. The summed E-state index contributed by atoms with van der Waals surface area (Å²) in [5.41, 5.74) is 3.04. The van der Waals surface area contributed by atoms with E-state index in [1.165, 1.54) is 11.8 Å². The van der Waals surface area contributed by atoms with E-state index in [2.05, 4.69) is 15.5 Å². The van der Waals surface area contributed by atoms with Crippen molar-refractivity contribution in [1.29, 1.82) is 0 Å². The lowest BCUT2D eigenvalue weighted by atomic mass is 10.1. The first-order chi connectivity index (χ1) is 16.6. The molecule has 1 N–H and O–H groups in total. The summed E-state index contributed by atoms with van der Waals surface area (Å²) in [7, 11) is 1.59. The number of para-hydroxylation sites is 1. The van der Waals surface area contributed by atoms with Gasteiger partial charge in [0.1, 0.15) is 16.9 Å². The molecule has 172 valence electrons. The number of amides is 1. The van der Waals surface area contributed by atoms with Gasteiger partial charge >= 0.3 is 0 Å². The lowest BCUT2D eigenvalue weighted by Gasteiger charge is -2.14. The van der Waals surface area contributed by atoms with E-state index in [4.69, 9.17) is 9.15 Å². The topological polar surface area (TPSA) is 82.2 Å². The standard InChI is InChI=1S/C26H24N4O3S/c1-4-30-24(17-10-6-5-7-11-17)28-29-26(30)34-16(2)25(31)27-20-15-22-19(14-23(20)32-3)18-12-8-9-13-21(18)33-22/h5-16H,4H2,1-3H3,(H,27,31)/t16-/m1/s1. The van der Waals surface area contributed by atoms with Gasteiger partial charge in [0.25, 0.3) is 0 Å². The van der Waals surface area contributed by atoms with Crippen molar-refractivity contribution in [2.45, 2.75) is 30.8 Å². The zero-order chi connectivity index (χ0) is 23.7. The normalized spacial score (nSPS) is 12.2. The molecule has 1 atom stereocenters. The number of aromatic nitrogens is 3. The maximum Gasteiger partial charge on any atom is 0.237 e. The third-order valence-electron chi connectivity index (χ3n) is 5.67. The van der Waals surface area contributed by atoms with Gasteiger partial charge in [0.2, 0.25) is 5.91 Å². The van der Waals surface area contributed by atoms with Crippen LogP contribution in [0.15, 0.2) is 76.3 Å². The fraction of sp³-hybridized carbons (Fsp3) is 0.192. The number of hydrogen-bond donors (Lipinski definition) is 1. The Kier molecular flexibility index (Phi) is 5.98. The Balaban J connectivity index is 1.38. The molecule has 0 saturated carbocycles. The lowest BCUT2D eigenvalue weighted by molar-refractivity contribution is -0.115. The van der Waals surface area contributed by atoms with Gasteiger partial charge in [0.15, 0.2) is 11.0 Å². The molecule has 3 aromatic carbocycles. The summed E-state index contributed by atoms with van der Waals surface area (Å²) >= 11 is 1.37. The number of methoxy groups -OCH3 is 1. The molecule has 0 radical (unpaired) electrons. The number of fused-ring (bicyclic) bond motifs is 3. The Bertz CT molecular complexity index is 1480. The van der Waals surface area contributed by atoms with Gasteiger partial charge in [0.05, 0.1) is 18.0 Å². The minimum absolute atomic E-state index is 0.161. The smallest absolute Gasteiger partial charge is 0.237 e. The minimum atomic E-state index is -0.408. The molecular weight excluding hydrogens is 448 g/mol. The molecule has 0 fully saturated rings. The number of nitrogens with one attached hydrogen (secondary N) is 1. The Morgan fingerprint density at radius 2 is 1.82 bits per heavy atom. The summed E-state index contributed by atoms with van der Waals surface area (Å²) in [6, 6.07) is 21.5. The van der Waals surface area contributed by atoms with Gasteiger partial charge in [0, 0.05) is 28.9 Å². The van der Waals surface area contributed by atoms with Crippen LogP contribution in [0.2, 0.25) is 0 Å². The Morgan fingerprint density at radius 3 is 2.59 bits per heavy atom. The molecular formula is C26H24N4O3S. The Labute approximate surface area is 201 Å². The molecule has 5 rings (SSSR count). The summed E-state index contributed by atoms with van der Waals surface area (Å²) in [6.45, 7) is 4.59. The first kappa shape index (κ1) is 22.0. The number of anilines is 1. The summed E-state index contributed by atoms with van der Waals surface area (Å²) in [4.78, 5) is 13.1. The van der Waals surface area contributed by atoms with Crippen LogP contribution < -0.4 is 10.1 Å². The highest BCUT2D eigenvalue weighted by molar-refractivity contribution is 8.00. The van der Waals surface area contributed by atoms with Crippen molar-refractivity contribution in [1.82, 2.24) is 14.8 Å². The van der Waals surface area contributed by atoms with E-state index in [0.29, 0.717) is 28.7 Å². The Hall–Kier alpha value is -3.78. The van der Waals surface area contributed by atoms with Crippen LogP contribution in [-0.4, -0.2) is 33.0 Å². The largest absolute Gasteiger partial charge is 0.495 e. The molecule has 0 saturated heterocycles. The molecule has 0 bridgehead atoms. The van der Waals surface area contributed by atoms with Crippen LogP contribution in [-0.2, 0) is 11.3 Å². The summed E-state index contributed by atoms with van der Waals surface area (Å²) in [6.07, 6.45) is 0. The second-order valence-electron chi connectivity index (χ2n) is 7.81. The number of furan rings is 1. The molecule has 0 aliphatic carbocycles. The molecule has 0 unspecified atom stereocenters. The van der Waals surface area contributed by atoms with Crippen LogP contribution in [0.3, 0.4) is 0 Å². The fourth-order valence-electron chi connectivity index (χ4n) is 3.93. The van der Waals surface area contributed by atoms with E-state index in [1.54, 1.807) is 7.11 Å². The molecule has 2 aromatic heterocycles. The van der Waals surface area contributed by atoms with E-state index in [9.17, 15) is 4.79 Å².